The van der Waals surface area contributed by atoms with Gasteiger partial charge in [0.15, 0.2) is 5.16 Å². The number of hydrogen-bond donors (Lipinski definition) is 2. The Labute approximate surface area is 177 Å². The first-order valence-electron chi connectivity index (χ1n) is 9.05. The molecular weight excluding hydrogens is 407 g/mol. The minimum atomic E-state index is -0.354. The maximum atomic E-state index is 13.3. The average molecular weight is 428 g/mol. The van der Waals surface area contributed by atoms with Crippen LogP contribution in [0.2, 0.25) is 0 Å². The zero-order valence-electron chi connectivity index (χ0n) is 16.5. The van der Waals surface area contributed by atoms with Crippen LogP contribution in [0, 0.1) is 5.82 Å². The number of carbonyl (C=O) groups is 2. The molecule has 1 heterocycles. The van der Waals surface area contributed by atoms with Crippen molar-refractivity contribution in [2.75, 3.05) is 25.3 Å². The zero-order valence-corrected chi connectivity index (χ0v) is 17.3. The summed E-state index contributed by atoms with van der Waals surface area (Å²) < 4.78 is 19.8. The minimum absolute atomic E-state index is 0.0356. The molecule has 2 aromatic carbocycles. The molecule has 3 rings (SSSR count). The number of amides is 2. The van der Waals surface area contributed by atoms with Gasteiger partial charge in [-0.2, -0.15) is 0 Å². The highest BCUT2D eigenvalue weighted by atomic mass is 32.2. The SMILES string of the molecule is COCC(=O)Nc1cccc(CNC(=O)c2cnc(SC)n2-c2ccc(F)cc2)c1. The lowest BCUT2D eigenvalue weighted by Crippen LogP contribution is -2.25. The lowest BCUT2D eigenvalue weighted by molar-refractivity contribution is -0.119. The van der Waals surface area contributed by atoms with E-state index in [0.29, 0.717) is 22.2 Å². The third-order valence-electron chi connectivity index (χ3n) is 4.17. The largest absolute Gasteiger partial charge is 0.375 e. The van der Waals surface area contributed by atoms with E-state index in [1.165, 1.54) is 37.2 Å². The molecule has 3 aromatic rings. The van der Waals surface area contributed by atoms with Gasteiger partial charge in [0, 0.05) is 25.0 Å². The van der Waals surface area contributed by atoms with E-state index < -0.39 is 0 Å². The molecule has 0 atom stereocenters. The smallest absolute Gasteiger partial charge is 0.270 e. The Bertz CT molecular complexity index is 1040. The van der Waals surface area contributed by atoms with Crippen LogP contribution in [0.4, 0.5) is 10.1 Å². The third kappa shape index (κ3) is 5.25. The van der Waals surface area contributed by atoms with E-state index >= 15 is 0 Å². The second-order valence-electron chi connectivity index (χ2n) is 6.31. The summed E-state index contributed by atoms with van der Waals surface area (Å²) >= 11 is 1.39. The Morgan fingerprint density at radius 3 is 2.67 bits per heavy atom. The Kier molecular flexibility index (Phi) is 7.21. The van der Waals surface area contributed by atoms with Crippen molar-refractivity contribution in [1.29, 1.82) is 0 Å². The molecule has 156 valence electrons. The van der Waals surface area contributed by atoms with Gasteiger partial charge in [0.05, 0.1) is 6.20 Å². The molecule has 2 amide bonds. The number of imidazole rings is 1. The van der Waals surface area contributed by atoms with Crippen LogP contribution in [0.5, 0.6) is 0 Å². The van der Waals surface area contributed by atoms with E-state index in [0.717, 1.165) is 5.56 Å². The van der Waals surface area contributed by atoms with Gasteiger partial charge in [-0.1, -0.05) is 23.9 Å². The fraction of sp³-hybridized carbons (Fsp3) is 0.190. The first-order valence-corrected chi connectivity index (χ1v) is 10.3. The summed E-state index contributed by atoms with van der Waals surface area (Å²) in [4.78, 5) is 28.8. The van der Waals surface area contributed by atoms with Crippen molar-refractivity contribution < 1.29 is 18.7 Å². The number of ether oxygens (including phenoxy) is 1. The molecule has 9 heteroatoms. The number of anilines is 1. The number of methoxy groups -OCH3 is 1. The van der Waals surface area contributed by atoms with Gasteiger partial charge < -0.3 is 15.4 Å². The Balaban J connectivity index is 1.74. The molecule has 2 N–H and O–H groups in total. The maximum Gasteiger partial charge on any atom is 0.270 e. The zero-order chi connectivity index (χ0) is 21.5. The number of halogens is 1. The molecule has 30 heavy (non-hydrogen) atoms. The van der Waals surface area contributed by atoms with Gasteiger partial charge in [-0.15, -0.1) is 0 Å². The van der Waals surface area contributed by atoms with Crippen LogP contribution < -0.4 is 10.6 Å². The predicted molar refractivity (Wildman–Crippen MR) is 113 cm³/mol. The Morgan fingerprint density at radius 2 is 1.97 bits per heavy atom. The highest BCUT2D eigenvalue weighted by Crippen LogP contribution is 2.22. The van der Waals surface area contributed by atoms with Crippen molar-refractivity contribution in [3.8, 4) is 5.69 Å². The van der Waals surface area contributed by atoms with Crippen LogP contribution in [0.1, 0.15) is 16.1 Å². The molecule has 0 bridgehead atoms. The van der Waals surface area contributed by atoms with E-state index in [9.17, 15) is 14.0 Å². The molecule has 0 radical (unpaired) electrons. The van der Waals surface area contributed by atoms with E-state index in [-0.39, 0.29) is 30.8 Å². The van der Waals surface area contributed by atoms with E-state index in [1.54, 1.807) is 34.9 Å². The predicted octanol–water partition coefficient (Wildman–Crippen LogP) is 3.25. The summed E-state index contributed by atoms with van der Waals surface area (Å²) in [5, 5.41) is 6.20. The Hall–Kier alpha value is -3.17. The highest BCUT2D eigenvalue weighted by molar-refractivity contribution is 7.98. The number of carbonyl (C=O) groups excluding carboxylic acids is 2. The van der Waals surface area contributed by atoms with Crippen LogP contribution in [0.3, 0.4) is 0 Å². The lowest BCUT2D eigenvalue weighted by Gasteiger charge is -2.12. The van der Waals surface area contributed by atoms with Gasteiger partial charge in [-0.3, -0.25) is 14.2 Å². The molecule has 0 saturated carbocycles. The van der Waals surface area contributed by atoms with Crippen molar-refractivity contribution in [2.45, 2.75) is 11.7 Å². The number of nitrogens with zero attached hydrogens (tertiary/aromatic N) is 2. The minimum Gasteiger partial charge on any atom is -0.375 e. The van der Waals surface area contributed by atoms with Crippen molar-refractivity contribution in [1.82, 2.24) is 14.9 Å². The van der Waals surface area contributed by atoms with Crippen LogP contribution in [0.25, 0.3) is 5.69 Å². The normalized spacial score (nSPS) is 10.6. The average Bonchev–Trinajstić information content (AvgIpc) is 3.17. The summed E-state index contributed by atoms with van der Waals surface area (Å²) in [5.41, 5.74) is 2.42. The molecule has 0 aliphatic rings. The fourth-order valence-electron chi connectivity index (χ4n) is 2.84. The van der Waals surface area contributed by atoms with E-state index in [1.807, 2.05) is 12.3 Å². The standard InChI is InChI=1S/C21H21FN4O3S/c1-29-13-19(27)25-16-5-3-4-14(10-16)11-23-20(28)18-12-24-21(30-2)26(18)17-8-6-15(22)7-9-17/h3-10,12H,11,13H2,1-2H3,(H,23,28)(H,25,27). The number of nitrogens with one attached hydrogen (secondary N) is 2. The first-order chi connectivity index (χ1) is 14.5. The maximum absolute atomic E-state index is 13.3. The second kappa shape index (κ2) is 10.0. The molecule has 0 saturated heterocycles. The number of hydrogen-bond acceptors (Lipinski definition) is 5. The van der Waals surface area contributed by atoms with Gasteiger partial charge in [-0.25, -0.2) is 9.37 Å². The van der Waals surface area contributed by atoms with Gasteiger partial charge in [0.2, 0.25) is 5.91 Å². The molecule has 0 spiro atoms. The van der Waals surface area contributed by atoms with Crippen molar-refractivity contribution >= 4 is 29.3 Å². The topological polar surface area (TPSA) is 85.2 Å². The number of rotatable bonds is 8. The quantitative estimate of drug-likeness (QED) is 0.538. The summed E-state index contributed by atoms with van der Waals surface area (Å²) in [6.45, 7) is 0.224. The molecule has 0 aliphatic heterocycles. The summed E-state index contributed by atoms with van der Waals surface area (Å²) in [6, 6.07) is 13.0. The van der Waals surface area contributed by atoms with Crippen LogP contribution >= 0.6 is 11.8 Å². The van der Waals surface area contributed by atoms with E-state index in [4.69, 9.17) is 4.74 Å². The monoisotopic (exact) mass is 428 g/mol. The van der Waals surface area contributed by atoms with Gasteiger partial charge in [-0.05, 0) is 48.2 Å². The summed E-state index contributed by atoms with van der Waals surface area (Å²) in [6.07, 6.45) is 3.35. The van der Waals surface area contributed by atoms with Crippen molar-refractivity contribution in [3.05, 3.63) is 71.8 Å². The number of aromatic nitrogens is 2. The lowest BCUT2D eigenvalue weighted by atomic mass is 10.2. The van der Waals surface area contributed by atoms with Crippen LogP contribution in [-0.4, -0.2) is 41.3 Å². The van der Waals surface area contributed by atoms with Gasteiger partial charge >= 0.3 is 0 Å². The number of benzene rings is 2. The van der Waals surface area contributed by atoms with Crippen molar-refractivity contribution in [2.24, 2.45) is 0 Å². The van der Waals surface area contributed by atoms with Crippen LogP contribution in [0.15, 0.2) is 59.9 Å². The highest BCUT2D eigenvalue weighted by Gasteiger charge is 2.17. The second-order valence-corrected chi connectivity index (χ2v) is 7.08. The summed E-state index contributed by atoms with van der Waals surface area (Å²) in [7, 11) is 1.45. The van der Waals surface area contributed by atoms with E-state index in [2.05, 4.69) is 15.6 Å². The third-order valence-corrected chi connectivity index (χ3v) is 4.82. The fourth-order valence-corrected chi connectivity index (χ4v) is 3.38. The molecule has 0 unspecified atom stereocenters. The van der Waals surface area contributed by atoms with Crippen LogP contribution in [-0.2, 0) is 16.1 Å². The molecular formula is C21H21FN4O3S. The molecule has 0 aliphatic carbocycles. The summed E-state index contributed by atoms with van der Waals surface area (Å²) in [5.74, 6) is -0.930. The molecule has 0 fully saturated rings. The molecule has 7 nitrogen and oxygen atoms in total. The van der Waals surface area contributed by atoms with Gasteiger partial charge in [0.1, 0.15) is 18.1 Å². The van der Waals surface area contributed by atoms with Gasteiger partial charge in [0.25, 0.3) is 5.91 Å². The number of thioether (sulfide) groups is 1. The Morgan fingerprint density at radius 1 is 1.20 bits per heavy atom. The van der Waals surface area contributed by atoms with Crippen molar-refractivity contribution in [3.63, 3.8) is 0 Å². The molecule has 1 aromatic heterocycles. The first kappa shape index (κ1) is 21.5.